The number of ketones is 1. The summed E-state index contributed by atoms with van der Waals surface area (Å²) in [5.74, 6) is -2.06. The minimum atomic E-state index is -3.67. The van der Waals surface area contributed by atoms with E-state index >= 15 is 0 Å². The molecule has 33 heavy (non-hydrogen) atoms. The molecule has 1 aromatic heterocycles. The number of aliphatic carboxylic acids is 1. The Bertz CT molecular complexity index is 1090. The highest BCUT2D eigenvalue weighted by atomic mass is 32.2. The predicted octanol–water partition coefficient (Wildman–Crippen LogP) is 0.862. The number of hydrogen-bond donors (Lipinski definition) is 5. The molecule has 0 aliphatic rings. The molecule has 0 aliphatic heterocycles. The maximum atomic E-state index is 12.0. The molecule has 1 aromatic carbocycles. The number of nitrogens with one attached hydrogen (secondary N) is 1. The van der Waals surface area contributed by atoms with Gasteiger partial charge in [-0.3, -0.25) is 9.35 Å². The Balaban J connectivity index is 0.000000981. The average Bonchev–Trinajstić information content (AvgIpc) is 2.72. The van der Waals surface area contributed by atoms with Crippen LogP contribution < -0.4 is 9.88 Å². The number of aromatic nitrogens is 1. The van der Waals surface area contributed by atoms with Gasteiger partial charge in [-0.1, -0.05) is 13.0 Å². The van der Waals surface area contributed by atoms with Crippen LogP contribution in [0.15, 0.2) is 42.7 Å². The van der Waals surface area contributed by atoms with Crippen LogP contribution in [0.4, 0.5) is 4.79 Å². The maximum Gasteiger partial charge on any atom is 0.412 e. The molecular weight excluding hydrogens is 460 g/mol. The van der Waals surface area contributed by atoms with Crippen LogP contribution in [0.5, 0.6) is 11.5 Å². The molecule has 0 fully saturated rings. The maximum absolute atomic E-state index is 12.0. The molecule has 5 N–H and O–H groups in total. The van der Waals surface area contributed by atoms with Gasteiger partial charge in [-0.05, 0) is 23.8 Å². The number of carbonyl (C=O) groups is 3. The van der Waals surface area contributed by atoms with Gasteiger partial charge in [0.1, 0.15) is 6.04 Å². The Morgan fingerprint density at radius 2 is 1.79 bits per heavy atom. The molecule has 2 rings (SSSR count). The van der Waals surface area contributed by atoms with E-state index in [0.717, 1.165) is 0 Å². The number of carbonyl (C=O) groups excluding carboxylic acids is 2. The molecule has 0 saturated heterocycles. The highest BCUT2D eigenvalue weighted by molar-refractivity contribution is 7.85. The van der Waals surface area contributed by atoms with Gasteiger partial charge in [0.15, 0.2) is 29.7 Å². The molecule has 1 unspecified atom stereocenters. The Hall–Kier alpha value is -3.71. The predicted molar refractivity (Wildman–Crippen MR) is 113 cm³/mol. The van der Waals surface area contributed by atoms with E-state index in [1.54, 1.807) is 25.3 Å². The quantitative estimate of drug-likeness (QED) is 0.155. The van der Waals surface area contributed by atoms with Gasteiger partial charge < -0.3 is 25.4 Å². The number of pyridine rings is 1. The number of ether oxygens (including phenoxy) is 1. The summed E-state index contributed by atoms with van der Waals surface area (Å²) in [6, 6.07) is 5.86. The zero-order valence-corrected chi connectivity index (χ0v) is 18.7. The first-order valence-electron chi connectivity index (χ1n) is 9.41. The van der Waals surface area contributed by atoms with Crippen LogP contribution in [0.2, 0.25) is 0 Å². The van der Waals surface area contributed by atoms with Crippen molar-refractivity contribution in [2.75, 3.05) is 6.26 Å². The molecule has 180 valence electrons. The van der Waals surface area contributed by atoms with Gasteiger partial charge >= 0.3 is 12.1 Å². The number of carboxylic acid groups (broad SMARTS) is 1. The van der Waals surface area contributed by atoms with Crippen LogP contribution in [0.3, 0.4) is 0 Å². The molecule has 0 radical (unpaired) electrons. The first-order valence-corrected chi connectivity index (χ1v) is 11.3. The SMILES string of the molecule is CCC(=O)c1ccc[n+](COC(=O)NC(Cc2ccc(O)c(O)c2)C(=O)O)c1.CS(=O)(=O)O. The number of amides is 1. The number of Topliss-reactive ketones (excluding diaryl/α,β-unsaturated/α-hetero) is 1. The third kappa shape index (κ3) is 10.9. The molecule has 2 aromatic rings. The zero-order valence-electron chi connectivity index (χ0n) is 17.8. The van der Waals surface area contributed by atoms with Crippen molar-refractivity contribution in [2.45, 2.75) is 32.5 Å². The monoisotopic (exact) mass is 485 g/mol. The Kier molecular flexibility index (Phi) is 10.2. The highest BCUT2D eigenvalue weighted by Gasteiger charge is 2.22. The van der Waals surface area contributed by atoms with Gasteiger partial charge in [0.2, 0.25) is 0 Å². The van der Waals surface area contributed by atoms with E-state index in [1.807, 2.05) is 0 Å². The summed E-state index contributed by atoms with van der Waals surface area (Å²) in [4.78, 5) is 35.1. The minimum absolute atomic E-state index is 0.0538. The first-order chi connectivity index (χ1) is 15.3. The van der Waals surface area contributed by atoms with Crippen molar-refractivity contribution >= 4 is 28.0 Å². The third-order valence-corrected chi connectivity index (χ3v) is 3.92. The number of hydrogen-bond acceptors (Lipinski definition) is 8. The molecule has 0 aliphatic carbocycles. The normalized spacial score (nSPS) is 11.5. The van der Waals surface area contributed by atoms with E-state index in [0.29, 0.717) is 23.8 Å². The van der Waals surface area contributed by atoms with E-state index in [2.05, 4.69) is 5.32 Å². The standard InChI is InChI=1S/C19H20N2O7.CH4O3S/c1-2-15(22)13-4-3-7-21(10-13)11-28-19(27)20-14(18(25)26)8-12-5-6-16(23)17(24)9-12;1-5(2,3)4/h3-7,9-10,14H,2,8,11H2,1H3,(H3-,20,23,24,25,26,27);1H3,(H,2,3,4)/p+1. The number of phenolic OH excluding ortho intramolecular Hbond substituents is 2. The molecule has 13 heteroatoms. The number of rotatable bonds is 8. The summed E-state index contributed by atoms with van der Waals surface area (Å²) in [6.07, 6.45) is 3.13. The van der Waals surface area contributed by atoms with Gasteiger partial charge in [0.05, 0.1) is 11.8 Å². The summed E-state index contributed by atoms with van der Waals surface area (Å²) >= 11 is 0. The third-order valence-electron chi connectivity index (χ3n) is 3.92. The molecular formula is C20H25N2O10S+. The summed E-state index contributed by atoms with van der Waals surface area (Å²) in [6.45, 7) is 1.53. The van der Waals surface area contributed by atoms with E-state index in [4.69, 9.17) is 9.29 Å². The molecule has 0 spiro atoms. The topological polar surface area (TPSA) is 191 Å². The number of aromatic hydroxyl groups is 2. The van der Waals surface area contributed by atoms with Gasteiger partial charge in [-0.25, -0.2) is 9.59 Å². The molecule has 1 atom stereocenters. The second-order valence-electron chi connectivity index (χ2n) is 6.74. The highest BCUT2D eigenvalue weighted by Crippen LogP contribution is 2.25. The summed E-state index contributed by atoms with van der Waals surface area (Å²) < 4.78 is 32.4. The number of carboxylic acids is 1. The van der Waals surface area contributed by atoms with Crippen LogP contribution >= 0.6 is 0 Å². The smallest absolute Gasteiger partial charge is 0.412 e. The Labute approximate surface area is 189 Å². The van der Waals surface area contributed by atoms with Gasteiger partial charge in [-0.2, -0.15) is 13.0 Å². The largest absolute Gasteiger partial charge is 0.504 e. The van der Waals surface area contributed by atoms with Crippen molar-refractivity contribution in [1.82, 2.24) is 5.32 Å². The van der Waals surface area contributed by atoms with Crippen LogP contribution in [-0.2, 0) is 32.8 Å². The van der Waals surface area contributed by atoms with Crippen LogP contribution in [-0.4, -0.2) is 58.4 Å². The van der Waals surface area contributed by atoms with Gasteiger partial charge in [0.25, 0.3) is 16.8 Å². The number of phenols is 2. The Morgan fingerprint density at radius 3 is 2.33 bits per heavy atom. The van der Waals surface area contributed by atoms with E-state index in [-0.39, 0.29) is 30.4 Å². The van der Waals surface area contributed by atoms with Crippen molar-refractivity contribution in [2.24, 2.45) is 0 Å². The molecule has 0 bridgehead atoms. The van der Waals surface area contributed by atoms with Gasteiger partial charge in [0, 0.05) is 18.9 Å². The molecule has 1 amide bonds. The average molecular weight is 485 g/mol. The van der Waals surface area contributed by atoms with Gasteiger partial charge in [-0.15, -0.1) is 0 Å². The second-order valence-corrected chi connectivity index (χ2v) is 8.21. The number of nitrogens with zero attached hydrogens (tertiary/aromatic N) is 1. The van der Waals surface area contributed by atoms with Crippen molar-refractivity contribution in [1.29, 1.82) is 0 Å². The molecule has 1 heterocycles. The Morgan fingerprint density at radius 1 is 1.15 bits per heavy atom. The first kappa shape index (κ1) is 27.3. The summed E-state index contributed by atoms with van der Waals surface area (Å²) in [5.41, 5.74) is 0.882. The fourth-order valence-electron chi connectivity index (χ4n) is 2.42. The van der Waals surface area contributed by atoms with Crippen molar-refractivity contribution < 1.29 is 52.0 Å². The second kappa shape index (κ2) is 12.4. The minimum Gasteiger partial charge on any atom is -0.504 e. The van der Waals surface area contributed by atoms with Crippen molar-refractivity contribution in [3.05, 3.63) is 53.9 Å². The summed E-state index contributed by atoms with van der Waals surface area (Å²) in [7, 11) is -3.67. The molecule has 12 nitrogen and oxygen atoms in total. The van der Waals surface area contributed by atoms with Crippen molar-refractivity contribution in [3.8, 4) is 11.5 Å². The van der Waals surface area contributed by atoms with E-state index in [9.17, 15) is 38.1 Å². The lowest BCUT2D eigenvalue weighted by atomic mass is 10.1. The van der Waals surface area contributed by atoms with E-state index in [1.165, 1.54) is 29.0 Å². The van der Waals surface area contributed by atoms with Crippen molar-refractivity contribution in [3.63, 3.8) is 0 Å². The molecule has 0 saturated carbocycles. The fourth-order valence-corrected chi connectivity index (χ4v) is 2.42. The van der Waals surface area contributed by atoms with Crippen LogP contribution in [0.1, 0.15) is 29.3 Å². The lowest BCUT2D eigenvalue weighted by Crippen LogP contribution is -2.45. The lowest BCUT2D eigenvalue weighted by molar-refractivity contribution is -0.727. The number of benzene rings is 1. The lowest BCUT2D eigenvalue weighted by Gasteiger charge is -2.14. The van der Waals surface area contributed by atoms with E-state index < -0.39 is 28.2 Å². The fraction of sp³-hybridized carbons (Fsp3) is 0.300. The van der Waals surface area contributed by atoms with Crippen LogP contribution in [0.25, 0.3) is 0 Å². The zero-order chi connectivity index (χ0) is 25.2. The number of alkyl carbamates (subject to hydrolysis) is 1. The van der Waals surface area contributed by atoms with Crippen LogP contribution in [0, 0.1) is 0 Å². The summed E-state index contributed by atoms with van der Waals surface area (Å²) in [5, 5.41) is 30.3.